The van der Waals surface area contributed by atoms with Gasteiger partial charge in [-0.25, -0.2) is 0 Å². The van der Waals surface area contributed by atoms with Gasteiger partial charge in [-0.3, -0.25) is 0 Å². The third kappa shape index (κ3) is 2.97. The average molecular weight is 447 g/mol. The Morgan fingerprint density at radius 2 is 1.89 bits per heavy atom. The van der Waals surface area contributed by atoms with Gasteiger partial charge in [-0.05, 0) is 49.0 Å². The lowest BCUT2D eigenvalue weighted by Crippen LogP contribution is -2.63. The smallest absolute Gasteiger partial charge is 0.182 e. The van der Waals surface area contributed by atoms with Crippen LogP contribution in [-0.4, -0.2) is 35.8 Å². The fourth-order valence-electron chi connectivity index (χ4n) is 4.25. The second kappa shape index (κ2) is 6.52. The van der Waals surface area contributed by atoms with Crippen molar-refractivity contribution in [3.05, 3.63) is 69.2 Å². The zero-order chi connectivity index (χ0) is 18.6. The van der Waals surface area contributed by atoms with E-state index in [9.17, 15) is 0 Å². The lowest BCUT2D eigenvalue weighted by Gasteiger charge is -2.51. The Bertz CT molecular complexity index is 906. The van der Waals surface area contributed by atoms with Gasteiger partial charge < -0.3 is 15.1 Å². The Kier molecular flexibility index (Phi) is 4.24. The van der Waals surface area contributed by atoms with E-state index in [2.05, 4.69) is 68.7 Å². The number of nitrogens with one attached hydrogen (secondary N) is 1. The molecule has 3 aliphatic rings. The quantitative estimate of drug-likeness (QED) is 0.680. The van der Waals surface area contributed by atoms with Crippen molar-refractivity contribution in [1.29, 1.82) is 0 Å². The molecule has 0 saturated carbocycles. The Hall–Kier alpha value is -1.53. The van der Waals surface area contributed by atoms with Gasteiger partial charge in [0.1, 0.15) is 5.75 Å². The van der Waals surface area contributed by atoms with Crippen molar-refractivity contribution in [2.45, 2.75) is 24.6 Å². The van der Waals surface area contributed by atoms with Crippen LogP contribution in [0, 0.1) is 0 Å². The van der Waals surface area contributed by atoms with Gasteiger partial charge in [-0.2, -0.15) is 5.01 Å². The first-order chi connectivity index (χ1) is 13.0. The van der Waals surface area contributed by atoms with Crippen LogP contribution in [0.5, 0.6) is 5.75 Å². The molecule has 4 nitrogen and oxygen atoms in total. The molecule has 5 rings (SSSR count). The molecule has 0 bridgehead atoms. The zero-order valence-corrected chi connectivity index (χ0v) is 17.4. The Morgan fingerprint density at radius 3 is 2.63 bits per heavy atom. The maximum absolute atomic E-state index is 6.62. The van der Waals surface area contributed by atoms with Gasteiger partial charge in [-0.1, -0.05) is 39.7 Å². The molecule has 27 heavy (non-hydrogen) atoms. The van der Waals surface area contributed by atoms with E-state index in [1.54, 1.807) is 0 Å². The molecule has 2 aromatic carbocycles. The topological polar surface area (TPSA) is 27.7 Å². The van der Waals surface area contributed by atoms with E-state index in [-0.39, 0.29) is 11.8 Å². The van der Waals surface area contributed by atoms with Crippen molar-refractivity contribution in [1.82, 2.24) is 15.3 Å². The SMILES string of the molecule is CN1CCC2(CC1)Oc1ccc(Cl)cc1C1C=C(c3ccc(Br)cc3)NN12. The summed E-state index contributed by atoms with van der Waals surface area (Å²) in [7, 11) is 2.17. The molecule has 3 aliphatic heterocycles. The van der Waals surface area contributed by atoms with Crippen LogP contribution in [0.3, 0.4) is 0 Å². The van der Waals surface area contributed by atoms with E-state index >= 15 is 0 Å². The molecule has 0 amide bonds. The van der Waals surface area contributed by atoms with Gasteiger partial charge in [0.15, 0.2) is 5.72 Å². The molecule has 1 N–H and O–H groups in total. The lowest BCUT2D eigenvalue weighted by atomic mass is 9.93. The van der Waals surface area contributed by atoms with Crippen molar-refractivity contribution in [2.75, 3.05) is 20.1 Å². The number of hydrazine groups is 1. The van der Waals surface area contributed by atoms with Crippen molar-refractivity contribution in [3.63, 3.8) is 0 Å². The zero-order valence-electron chi connectivity index (χ0n) is 15.1. The maximum Gasteiger partial charge on any atom is 0.182 e. The van der Waals surface area contributed by atoms with Crippen LogP contribution in [-0.2, 0) is 0 Å². The second-order valence-corrected chi connectivity index (χ2v) is 8.90. The summed E-state index contributed by atoms with van der Waals surface area (Å²) >= 11 is 9.83. The third-order valence-corrected chi connectivity index (χ3v) is 6.56. The van der Waals surface area contributed by atoms with Gasteiger partial charge in [0, 0.05) is 41.0 Å². The Labute approximate surface area is 172 Å². The molecule has 0 aromatic heterocycles. The Balaban J connectivity index is 1.58. The minimum Gasteiger partial charge on any atom is -0.470 e. The molecule has 140 valence electrons. The molecule has 0 aliphatic carbocycles. The highest BCUT2D eigenvalue weighted by Crippen LogP contribution is 2.49. The molecule has 0 radical (unpaired) electrons. The largest absolute Gasteiger partial charge is 0.470 e. The van der Waals surface area contributed by atoms with Crippen molar-refractivity contribution < 1.29 is 4.74 Å². The molecular weight excluding hydrogens is 426 g/mol. The highest BCUT2D eigenvalue weighted by Gasteiger charge is 2.51. The van der Waals surface area contributed by atoms with Crippen LogP contribution in [0.15, 0.2) is 53.0 Å². The van der Waals surface area contributed by atoms with Crippen LogP contribution in [0.25, 0.3) is 5.70 Å². The third-order valence-electron chi connectivity index (χ3n) is 5.80. The molecule has 6 heteroatoms. The molecule has 1 atom stereocenters. The molecule has 1 saturated heterocycles. The van der Waals surface area contributed by atoms with Crippen LogP contribution in [0.4, 0.5) is 0 Å². The number of nitrogens with zero attached hydrogens (tertiary/aromatic N) is 2. The Morgan fingerprint density at radius 1 is 1.15 bits per heavy atom. The predicted octanol–water partition coefficient (Wildman–Crippen LogP) is 4.82. The summed E-state index contributed by atoms with van der Waals surface area (Å²) in [4.78, 5) is 2.36. The van der Waals surface area contributed by atoms with Crippen LogP contribution in [0.2, 0.25) is 5.02 Å². The number of ether oxygens (including phenoxy) is 1. The second-order valence-electron chi connectivity index (χ2n) is 7.55. The van der Waals surface area contributed by atoms with Crippen molar-refractivity contribution >= 4 is 33.2 Å². The molecule has 1 fully saturated rings. The lowest BCUT2D eigenvalue weighted by molar-refractivity contribution is -0.157. The number of halogens is 2. The summed E-state index contributed by atoms with van der Waals surface area (Å²) in [5.74, 6) is 0.945. The monoisotopic (exact) mass is 445 g/mol. The highest BCUT2D eigenvalue weighted by molar-refractivity contribution is 9.10. The fourth-order valence-corrected chi connectivity index (χ4v) is 4.70. The van der Waals surface area contributed by atoms with Crippen LogP contribution < -0.4 is 10.2 Å². The van der Waals surface area contributed by atoms with E-state index < -0.39 is 0 Å². The number of hydrogen-bond acceptors (Lipinski definition) is 4. The fraction of sp³-hybridized carbons (Fsp3) is 0.333. The summed E-state index contributed by atoms with van der Waals surface area (Å²) in [5, 5.41) is 3.04. The van der Waals surface area contributed by atoms with E-state index in [4.69, 9.17) is 16.3 Å². The maximum atomic E-state index is 6.62. The average Bonchev–Trinajstić information content (AvgIpc) is 3.12. The molecule has 1 unspecified atom stereocenters. The van der Waals surface area contributed by atoms with Crippen LogP contribution >= 0.6 is 27.5 Å². The van der Waals surface area contributed by atoms with Gasteiger partial charge >= 0.3 is 0 Å². The summed E-state index contributed by atoms with van der Waals surface area (Å²) in [6, 6.07) is 14.5. The molecular formula is C21H21BrClN3O. The highest BCUT2D eigenvalue weighted by atomic mass is 79.9. The first kappa shape index (κ1) is 17.6. The molecule has 2 aromatic rings. The first-order valence-corrected chi connectivity index (χ1v) is 10.4. The number of fused-ring (bicyclic) bond motifs is 4. The van der Waals surface area contributed by atoms with E-state index in [0.29, 0.717) is 0 Å². The summed E-state index contributed by atoms with van der Waals surface area (Å²) in [6.07, 6.45) is 4.20. The van der Waals surface area contributed by atoms with Gasteiger partial charge in [0.2, 0.25) is 0 Å². The summed E-state index contributed by atoms with van der Waals surface area (Å²) < 4.78 is 7.70. The molecule has 3 heterocycles. The first-order valence-electron chi connectivity index (χ1n) is 9.25. The van der Waals surface area contributed by atoms with Gasteiger partial charge in [0.05, 0.1) is 11.7 Å². The van der Waals surface area contributed by atoms with Gasteiger partial charge in [0.25, 0.3) is 0 Å². The standard InChI is InChI=1S/C21H21BrClN3O/c1-25-10-8-21(9-11-25)26-19(17-12-16(23)6-7-20(17)27-21)13-18(24-26)14-2-4-15(22)5-3-14/h2-7,12-13,19,24H,8-11H2,1H3. The van der Waals surface area contributed by atoms with Crippen LogP contribution in [0.1, 0.15) is 30.0 Å². The normalized spacial score (nSPS) is 24.0. The number of rotatable bonds is 1. The summed E-state index contributed by atoms with van der Waals surface area (Å²) in [6.45, 7) is 2.03. The van der Waals surface area contributed by atoms with Gasteiger partial charge in [-0.15, -0.1) is 0 Å². The minimum absolute atomic E-state index is 0.106. The number of benzene rings is 2. The summed E-state index contributed by atoms with van der Waals surface area (Å²) in [5.41, 5.74) is 6.71. The number of piperidine rings is 1. The van der Waals surface area contributed by atoms with E-state index in [0.717, 1.165) is 52.4 Å². The minimum atomic E-state index is -0.342. The number of likely N-dealkylation sites (tertiary alicyclic amines) is 1. The number of hydrogen-bond donors (Lipinski definition) is 1. The predicted molar refractivity (Wildman–Crippen MR) is 111 cm³/mol. The molecule has 1 spiro atoms. The van der Waals surface area contributed by atoms with E-state index in [1.165, 1.54) is 5.56 Å². The van der Waals surface area contributed by atoms with Crippen molar-refractivity contribution in [3.8, 4) is 5.75 Å². The van der Waals surface area contributed by atoms with Crippen molar-refractivity contribution in [2.24, 2.45) is 0 Å². The van der Waals surface area contributed by atoms with E-state index in [1.807, 2.05) is 18.2 Å².